The highest BCUT2D eigenvalue weighted by atomic mass is 16.5. The van der Waals surface area contributed by atoms with Gasteiger partial charge in [-0.25, -0.2) is 0 Å². The summed E-state index contributed by atoms with van der Waals surface area (Å²) < 4.78 is 5.16. The first-order valence-corrected chi connectivity index (χ1v) is 9.85. The van der Waals surface area contributed by atoms with E-state index in [4.69, 9.17) is 4.74 Å². The number of carbonyl (C=O) groups excluding carboxylic acids is 2. The normalized spacial score (nSPS) is 18.5. The maximum absolute atomic E-state index is 13.1. The van der Waals surface area contributed by atoms with E-state index in [9.17, 15) is 14.7 Å². The molecule has 0 aliphatic carbocycles. The summed E-state index contributed by atoms with van der Waals surface area (Å²) in [5.41, 5.74) is 4.13. The van der Waals surface area contributed by atoms with Gasteiger partial charge in [0.15, 0.2) is 0 Å². The highest BCUT2D eigenvalue weighted by Crippen LogP contribution is 2.42. The number of methoxy groups -OCH3 is 1. The molecule has 2 N–H and O–H groups in total. The fourth-order valence-electron chi connectivity index (χ4n) is 4.08. The van der Waals surface area contributed by atoms with Crippen molar-refractivity contribution in [2.24, 2.45) is 0 Å². The van der Waals surface area contributed by atoms with Gasteiger partial charge in [-0.15, -0.1) is 0 Å². The Bertz CT molecular complexity index is 1170. The third kappa shape index (κ3) is 3.19. The number of hydrogen-bond acceptors (Lipinski definition) is 4. The Kier molecular flexibility index (Phi) is 5.18. The molecule has 1 fully saturated rings. The molecule has 3 aromatic rings. The molecule has 154 valence electrons. The lowest BCUT2D eigenvalue weighted by atomic mass is 9.93. The number of hydrogen-bond donors (Lipinski definition) is 2. The van der Waals surface area contributed by atoms with Crippen LogP contribution in [0.25, 0.3) is 16.7 Å². The number of fused-ring (bicyclic) bond motifs is 1. The lowest BCUT2D eigenvalue weighted by molar-refractivity contribution is -0.140. The maximum Gasteiger partial charge on any atom is 0.295 e. The summed E-state index contributed by atoms with van der Waals surface area (Å²) in [6.45, 7) is 4.32. The van der Waals surface area contributed by atoms with Gasteiger partial charge in [-0.1, -0.05) is 35.9 Å². The van der Waals surface area contributed by atoms with Crippen molar-refractivity contribution in [3.8, 4) is 0 Å². The minimum atomic E-state index is -0.698. The number of ketones is 1. The Hall–Kier alpha value is -3.38. The van der Waals surface area contributed by atoms with E-state index in [-0.39, 0.29) is 24.5 Å². The van der Waals surface area contributed by atoms with Crippen molar-refractivity contribution in [2.45, 2.75) is 19.9 Å². The van der Waals surface area contributed by atoms with E-state index in [0.29, 0.717) is 5.56 Å². The lowest BCUT2D eigenvalue weighted by Crippen LogP contribution is -2.32. The predicted molar refractivity (Wildman–Crippen MR) is 115 cm³/mol. The van der Waals surface area contributed by atoms with Crippen molar-refractivity contribution in [3.05, 3.63) is 76.5 Å². The van der Waals surface area contributed by atoms with Crippen molar-refractivity contribution in [1.29, 1.82) is 0 Å². The topological polar surface area (TPSA) is 82.6 Å². The first kappa shape index (κ1) is 19.9. The second-order valence-electron chi connectivity index (χ2n) is 7.59. The minimum Gasteiger partial charge on any atom is -0.507 e. The van der Waals surface area contributed by atoms with E-state index >= 15 is 0 Å². The number of aromatic nitrogens is 1. The number of para-hydroxylation sites is 1. The summed E-state index contributed by atoms with van der Waals surface area (Å²) in [4.78, 5) is 30.7. The van der Waals surface area contributed by atoms with Crippen LogP contribution in [0.5, 0.6) is 0 Å². The number of H-pyrrole nitrogens is 1. The molecule has 0 bridgehead atoms. The molecule has 1 atom stereocenters. The van der Waals surface area contributed by atoms with Crippen molar-refractivity contribution in [1.82, 2.24) is 9.88 Å². The lowest BCUT2D eigenvalue weighted by Gasteiger charge is -2.24. The maximum atomic E-state index is 13.1. The zero-order valence-electron chi connectivity index (χ0n) is 17.2. The van der Waals surface area contributed by atoms with Crippen LogP contribution in [-0.4, -0.2) is 46.9 Å². The largest absolute Gasteiger partial charge is 0.507 e. The van der Waals surface area contributed by atoms with Crippen molar-refractivity contribution in [2.75, 3.05) is 20.3 Å². The zero-order valence-corrected chi connectivity index (χ0v) is 17.2. The summed E-state index contributed by atoms with van der Waals surface area (Å²) in [6, 6.07) is 12.7. The number of aromatic amines is 1. The van der Waals surface area contributed by atoms with Gasteiger partial charge in [-0.2, -0.15) is 0 Å². The summed E-state index contributed by atoms with van der Waals surface area (Å²) in [6.07, 6.45) is 1.80. The Morgan fingerprint density at radius 3 is 2.70 bits per heavy atom. The van der Waals surface area contributed by atoms with Gasteiger partial charge in [-0.3, -0.25) is 9.59 Å². The Morgan fingerprint density at radius 2 is 1.93 bits per heavy atom. The summed E-state index contributed by atoms with van der Waals surface area (Å²) in [5, 5.41) is 12.1. The molecule has 6 nitrogen and oxygen atoms in total. The summed E-state index contributed by atoms with van der Waals surface area (Å²) in [5.74, 6) is -1.46. The van der Waals surface area contributed by atoms with E-state index in [1.165, 1.54) is 4.90 Å². The number of aliphatic hydroxyl groups excluding tert-OH is 1. The van der Waals surface area contributed by atoms with Gasteiger partial charge in [0.2, 0.25) is 0 Å². The monoisotopic (exact) mass is 404 g/mol. The molecule has 1 aliphatic heterocycles. The molecule has 1 aromatic heterocycles. The standard InChI is InChI=1S/C24H24N2O4/c1-14-8-9-15(2)17(12-14)22(27)20-21(26(10-11-30-3)24(29)23(20)28)18-13-25-19-7-5-4-6-16(18)19/h4-9,12-13,21,25,27H,10-11H2,1-3H3/b22-20+. The van der Waals surface area contributed by atoms with Gasteiger partial charge < -0.3 is 19.7 Å². The van der Waals surface area contributed by atoms with Gasteiger partial charge >= 0.3 is 0 Å². The number of amides is 1. The number of carbonyl (C=O) groups is 2. The van der Waals surface area contributed by atoms with Crippen LogP contribution in [0.15, 0.2) is 54.2 Å². The summed E-state index contributed by atoms with van der Waals surface area (Å²) >= 11 is 0. The SMILES string of the molecule is COCCN1C(=O)C(=O)/C(=C(/O)c2cc(C)ccc2C)C1c1c[nH]c2ccccc12. The molecule has 1 saturated heterocycles. The number of nitrogens with one attached hydrogen (secondary N) is 1. The third-order valence-corrected chi connectivity index (χ3v) is 5.64. The molecular formula is C24H24N2O4. The van der Waals surface area contributed by atoms with Crippen molar-refractivity contribution in [3.63, 3.8) is 0 Å². The average Bonchev–Trinajstić information content (AvgIpc) is 3.27. The van der Waals surface area contributed by atoms with Gasteiger partial charge in [0.05, 0.1) is 18.2 Å². The number of nitrogens with zero attached hydrogens (tertiary/aromatic N) is 1. The number of rotatable bonds is 5. The number of benzene rings is 2. The van der Waals surface area contributed by atoms with Crippen LogP contribution in [0.3, 0.4) is 0 Å². The molecule has 4 rings (SSSR count). The van der Waals surface area contributed by atoms with Gasteiger partial charge in [0, 0.05) is 41.9 Å². The second kappa shape index (κ2) is 7.80. The molecule has 0 radical (unpaired) electrons. The first-order chi connectivity index (χ1) is 14.4. The van der Waals surface area contributed by atoms with Crippen LogP contribution in [0.4, 0.5) is 0 Å². The Labute approximate surface area is 174 Å². The number of aliphatic hydroxyl groups is 1. The molecule has 6 heteroatoms. The van der Waals surface area contributed by atoms with Crippen LogP contribution in [0.2, 0.25) is 0 Å². The van der Waals surface area contributed by atoms with E-state index < -0.39 is 17.7 Å². The van der Waals surface area contributed by atoms with Gasteiger partial charge in [0.25, 0.3) is 11.7 Å². The van der Waals surface area contributed by atoms with Crippen molar-refractivity contribution >= 4 is 28.4 Å². The molecule has 1 unspecified atom stereocenters. The summed E-state index contributed by atoms with van der Waals surface area (Å²) in [7, 11) is 1.55. The number of Topliss-reactive ketones (excluding diaryl/α,β-unsaturated/α-hetero) is 1. The van der Waals surface area contributed by atoms with Gasteiger partial charge in [0.1, 0.15) is 5.76 Å². The number of aryl methyl sites for hydroxylation is 2. The van der Waals surface area contributed by atoms with Gasteiger partial charge in [-0.05, 0) is 31.5 Å². The fourth-order valence-corrected chi connectivity index (χ4v) is 4.08. The molecule has 1 amide bonds. The molecule has 0 saturated carbocycles. The molecule has 1 aliphatic rings. The van der Waals surface area contributed by atoms with Crippen LogP contribution < -0.4 is 0 Å². The molecule has 2 aromatic carbocycles. The van der Waals surface area contributed by atoms with E-state index in [1.807, 2.05) is 56.3 Å². The number of likely N-dealkylation sites (tertiary alicyclic amines) is 1. The molecule has 2 heterocycles. The first-order valence-electron chi connectivity index (χ1n) is 9.85. The highest BCUT2D eigenvalue weighted by Gasteiger charge is 2.46. The van der Waals surface area contributed by atoms with Crippen LogP contribution in [0.1, 0.15) is 28.3 Å². The quantitative estimate of drug-likeness (QED) is 0.384. The fraction of sp³-hybridized carbons (Fsp3) is 0.250. The molecular weight excluding hydrogens is 380 g/mol. The second-order valence-corrected chi connectivity index (χ2v) is 7.59. The Balaban J connectivity index is 1.96. The molecule has 30 heavy (non-hydrogen) atoms. The van der Waals surface area contributed by atoms with Crippen LogP contribution in [0, 0.1) is 13.8 Å². The highest BCUT2D eigenvalue weighted by molar-refractivity contribution is 6.46. The van der Waals surface area contributed by atoms with E-state index in [0.717, 1.165) is 27.6 Å². The smallest absolute Gasteiger partial charge is 0.295 e. The van der Waals surface area contributed by atoms with Crippen LogP contribution >= 0.6 is 0 Å². The van der Waals surface area contributed by atoms with E-state index in [1.54, 1.807) is 13.3 Å². The van der Waals surface area contributed by atoms with Crippen molar-refractivity contribution < 1.29 is 19.4 Å². The Morgan fingerprint density at radius 1 is 1.17 bits per heavy atom. The predicted octanol–water partition coefficient (Wildman–Crippen LogP) is 3.85. The van der Waals surface area contributed by atoms with E-state index in [2.05, 4.69) is 4.98 Å². The third-order valence-electron chi connectivity index (χ3n) is 5.64. The minimum absolute atomic E-state index is 0.106. The molecule has 0 spiro atoms. The number of ether oxygens (including phenoxy) is 1. The van der Waals surface area contributed by atoms with Crippen LogP contribution in [-0.2, 0) is 14.3 Å². The average molecular weight is 404 g/mol. The zero-order chi connectivity index (χ0) is 21.4.